The van der Waals surface area contributed by atoms with Crippen molar-refractivity contribution in [3.05, 3.63) is 100 Å². The van der Waals surface area contributed by atoms with Crippen LogP contribution < -0.4 is 10.7 Å². The Hall–Kier alpha value is -5.65. The maximum atomic E-state index is 14.2. The van der Waals surface area contributed by atoms with Gasteiger partial charge in [-0.05, 0) is 256 Å². The lowest BCUT2D eigenvalue weighted by Gasteiger charge is -2.50. The van der Waals surface area contributed by atoms with Crippen molar-refractivity contribution in [1.82, 2.24) is 24.3 Å². The van der Waals surface area contributed by atoms with E-state index in [4.69, 9.17) is 94.8 Å². The van der Waals surface area contributed by atoms with E-state index in [-0.39, 0.29) is 80.6 Å². The predicted molar refractivity (Wildman–Crippen MR) is 523 cm³/mol. The van der Waals surface area contributed by atoms with Crippen LogP contribution in [0.4, 0.5) is 11.4 Å². The van der Waals surface area contributed by atoms with Gasteiger partial charge in [-0.15, -0.1) is 0 Å². The van der Waals surface area contributed by atoms with Gasteiger partial charge < -0.3 is 132 Å². The van der Waals surface area contributed by atoms with E-state index in [0.29, 0.717) is 29.4 Å². The van der Waals surface area contributed by atoms with Gasteiger partial charge in [0.05, 0.1) is 123 Å². The molecule has 32 nitrogen and oxygen atoms in total. The molecule has 3 aromatic carbocycles. The van der Waals surface area contributed by atoms with Gasteiger partial charge in [-0.1, -0.05) is 83.8 Å². The van der Waals surface area contributed by atoms with E-state index in [1.165, 1.54) is 35.2 Å². The molecule has 774 valence electrons. The van der Waals surface area contributed by atoms with Crippen molar-refractivity contribution in [3.63, 3.8) is 0 Å². The second kappa shape index (κ2) is 47.9. The highest BCUT2D eigenvalue weighted by atomic mass is 35.5. The van der Waals surface area contributed by atoms with Crippen LogP contribution in [0.15, 0.2) is 89.9 Å². The summed E-state index contributed by atoms with van der Waals surface area (Å²) in [5.74, 6) is -7.05. The third kappa shape index (κ3) is 26.9. The monoisotopic (exact) mass is 1970 g/mol. The molecule has 10 N–H and O–H groups in total. The number of esters is 2. The van der Waals surface area contributed by atoms with Crippen LogP contribution in [0.5, 0.6) is 0 Å². The lowest BCUT2D eigenvalue weighted by Crippen LogP contribution is -2.61. The van der Waals surface area contributed by atoms with Crippen LogP contribution in [0.1, 0.15) is 204 Å². The first kappa shape index (κ1) is 115. The molecule has 0 bridgehead atoms. The highest BCUT2D eigenvalue weighted by molar-refractivity contribution is 6.31. The Labute approximate surface area is 821 Å². The Balaban J connectivity index is 0.000000236. The molecule has 6 fully saturated rings. The fourth-order valence-corrected chi connectivity index (χ4v) is 21.5. The molecule has 0 spiro atoms. The predicted octanol–water partition coefficient (Wildman–Crippen LogP) is 11.8. The van der Waals surface area contributed by atoms with Gasteiger partial charge in [-0.3, -0.25) is 19.4 Å². The number of hydrogen-bond acceptors (Lipinski definition) is 31. The quantitative estimate of drug-likeness (QED) is 0.0271. The minimum atomic E-state index is -1.96. The number of likely N-dealkylation sites (N-methyl/N-ethyl adjacent to an activating group) is 3. The van der Waals surface area contributed by atoms with Crippen LogP contribution in [-0.4, -0.2) is 332 Å². The van der Waals surface area contributed by atoms with Gasteiger partial charge in [0, 0.05) is 110 Å². The molecule has 0 unspecified atom stereocenters. The number of methoxy groups -OCH3 is 3. The zero-order valence-electron chi connectivity index (χ0n) is 86.3. The van der Waals surface area contributed by atoms with Crippen molar-refractivity contribution >= 4 is 63.3 Å². The van der Waals surface area contributed by atoms with E-state index in [1.54, 1.807) is 90.0 Å². The largest absolute Gasteiger partial charge is 0.459 e. The van der Waals surface area contributed by atoms with Gasteiger partial charge in [0.15, 0.2) is 25.2 Å². The molecule has 0 aromatic heterocycles. The molecule has 7 aliphatic heterocycles. The number of rotatable bonds is 19. The summed E-state index contributed by atoms with van der Waals surface area (Å²) in [6.07, 6.45) is -16.9. The first-order chi connectivity index (χ1) is 63.9. The molecule has 8 aliphatic rings. The molecule has 1 aliphatic carbocycles. The van der Waals surface area contributed by atoms with E-state index in [9.17, 15) is 60.3 Å². The van der Waals surface area contributed by atoms with Gasteiger partial charge in [0.1, 0.15) is 59.7 Å². The lowest BCUT2D eigenvalue weighted by atomic mass is 9.74. The number of ketones is 1. The number of carbonyl (C=O) groups excluding carboxylic acids is 3. The number of carbonyl (C=O) groups is 3. The molecule has 6 saturated heterocycles. The number of nitrogens with zero attached hydrogens (tertiary/aromatic N) is 6. The van der Waals surface area contributed by atoms with Crippen molar-refractivity contribution < 1.29 is 122 Å². The molecule has 36 atom stereocenters. The van der Waals surface area contributed by atoms with Gasteiger partial charge in [0.2, 0.25) is 0 Å². The number of nitrogens with one attached hydrogen (secondary N) is 1. The van der Waals surface area contributed by atoms with E-state index in [0.717, 1.165) is 44.8 Å². The number of cyclic esters (lactones) is 2. The summed E-state index contributed by atoms with van der Waals surface area (Å²) in [6, 6.07) is 26.8. The molecular weight excluding hydrogens is 1810 g/mol. The number of aliphatic hydroxyl groups excluding tert-OH is 6. The standard InChI is InChI=1S/C38H72N2O12.C38H69NO13.C27H22Cl2N4/c1-15-27-38(10,46)31(42)24(6)40(13)19-20(2)17-36(8,45)33(52-35-29(41)26(39(11)12)16-21(3)48-35)22(4)30(23(5)34(44)50-27)51-28-18-37(9,47-14)32(43)25(7)49-28;1-15-26-38(10,45)31(42)21(4)28(40)19(2)17-37(9,47-14)33(52-35-29(41)25(39(11)12)16-20(3)48-35)22(5)30(23(6)34(44)50-26)51-27-18-36(8,46-13)32(43)24(7)49-27;1-17(2)30-24-16-27-25(15-23(24)31-20-11-7-18(28)8-12-20)32-22-5-3-4-6-26(22)33(27)21-13-9-19(29)10-14-21/h20-33,35,41-43,45-46H,15-19H2,1-14H3;19-27,29-33,35,41-43,45H,15-18H2,1-14H3;3-17,31H,1-2H3/t20-,21-,22+,23-,24-,25+,26+,27-,28+,29-,30+,31-,32+,33-,35+,36-,37-,38-;19-,20-,21+,22+,23-,24+,25+,26-,27+,29-,30+,31-,32+,33-,35+,36-,37-,38-;/m11./s1. The Morgan fingerprint density at radius 3 is 1.45 bits per heavy atom. The maximum absolute atomic E-state index is 14.2. The molecule has 3 aromatic rings. The Morgan fingerprint density at radius 1 is 0.555 bits per heavy atom. The highest BCUT2D eigenvalue weighted by Gasteiger charge is 2.58. The molecule has 0 amide bonds. The Bertz CT molecular complexity index is 4730. The van der Waals surface area contributed by atoms with Gasteiger partial charge >= 0.3 is 11.9 Å². The van der Waals surface area contributed by atoms with Crippen molar-refractivity contribution in [2.24, 2.45) is 46.4 Å². The number of aromatic nitrogens is 2. The molecule has 7 heterocycles. The average molecular weight is 1970 g/mol. The molecule has 11 rings (SSSR count). The van der Waals surface area contributed by atoms with E-state index in [2.05, 4.69) is 41.9 Å². The number of anilines is 2. The second-order valence-electron chi connectivity index (χ2n) is 41.9. The van der Waals surface area contributed by atoms with Gasteiger partial charge in [-0.2, -0.15) is 0 Å². The van der Waals surface area contributed by atoms with E-state index >= 15 is 0 Å². The smallest absolute Gasteiger partial charge is 0.311 e. The fraction of sp³-hybridized carbons (Fsp3) is 0.738. The van der Waals surface area contributed by atoms with Crippen LogP contribution in [-0.2, 0) is 76.0 Å². The first-order valence-electron chi connectivity index (χ1n) is 48.8. The zero-order chi connectivity index (χ0) is 102. The van der Waals surface area contributed by atoms with Crippen LogP contribution in [0.3, 0.4) is 0 Å². The van der Waals surface area contributed by atoms with Crippen molar-refractivity contribution in [1.29, 1.82) is 0 Å². The summed E-state index contributed by atoms with van der Waals surface area (Å²) >= 11 is 12.2. The van der Waals surface area contributed by atoms with Crippen LogP contribution in [0, 0.1) is 41.4 Å². The Morgan fingerprint density at radius 2 is 1.00 bits per heavy atom. The Kier molecular flexibility index (Phi) is 40.2. The summed E-state index contributed by atoms with van der Waals surface area (Å²) in [5, 5.41) is 109. The summed E-state index contributed by atoms with van der Waals surface area (Å²) in [6.45, 7) is 39.2. The molecule has 0 saturated carbocycles. The first-order valence-corrected chi connectivity index (χ1v) is 49.5. The zero-order valence-corrected chi connectivity index (χ0v) is 87.9. The number of hydrogen-bond donors (Lipinski definition) is 10. The second-order valence-corrected chi connectivity index (χ2v) is 42.8. The molecule has 0 radical (unpaired) electrons. The number of aliphatic hydroxyl groups is 9. The number of halogens is 2. The number of ether oxygens (including phenoxy) is 13. The normalized spacial score (nSPS) is 40.4. The van der Waals surface area contributed by atoms with Gasteiger partial charge in [-0.25, -0.2) is 4.98 Å². The summed E-state index contributed by atoms with van der Waals surface area (Å²) in [4.78, 5) is 58.0. The lowest BCUT2D eigenvalue weighted by molar-refractivity contribution is -0.319. The number of para-hydroxylation sites is 2. The third-order valence-electron chi connectivity index (χ3n) is 29.8. The van der Waals surface area contributed by atoms with Crippen LogP contribution >= 0.6 is 23.2 Å². The van der Waals surface area contributed by atoms with Gasteiger partial charge in [0.25, 0.3) is 0 Å². The minimum Gasteiger partial charge on any atom is -0.459 e. The number of benzene rings is 4. The maximum Gasteiger partial charge on any atom is 0.311 e. The van der Waals surface area contributed by atoms with Crippen LogP contribution in [0.2, 0.25) is 10.0 Å². The van der Waals surface area contributed by atoms with Crippen molar-refractivity contribution in [2.45, 2.75) is 384 Å². The SMILES string of the molecule is CC(C)N=c1cc2n(-c3ccc(Cl)cc3)c3ccccc3nc-2cc1Nc1ccc(Cl)cc1.CC[C@H]1OC(=O)[C@H](C)[C@@H](O[C@H]2C[C@@](C)(OC)[C@@H](O)[C@H](C)O2)[C@H](C)[C@@H](O[C@@H]2O[C@H](C)C[C@H](N(C)C)[C@H]2O)[C@](C)(O)C[C@@H](C)CN(C)[C@H](C)[C@@H](O)[C@]1(C)O.CC[C@H]1OC(=O)[C@H](C)[C@@H](O[C@H]2C[C@@](C)(OC)[C@@H](O)[C@H](C)O2)[C@H](C)[C@@H](O[C@@H]2O[C@H](C)C[C@H](N(C)C)[C@H]2O)[C@](C)(OC)C[C@@H](C)C(=O)[C@H](C)[C@@H](O)[C@]1(C)O. The number of fused-ring (bicyclic) bond motifs is 2. The van der Waals surface area contributed by atoms with Crippen molar-refractivity contribution in [2.75, 3.05) is 68.4 Å². The average Bonchev–Trinajstić information content (AvgIpc) is 0.758. The van der Waals surface area contributed by atoms with E-state index in [1.807, 2.05) is 151 Å². The summed E-state index contributed by atoms with van der Waals surface area (Å²) in [5.41, 5.74) is -2.02. The minimum absolute atomic E-state index is 0.111. The summed E-state index contributed by atoms with van der Waals surface area (Å²) < 4.78 is 83.6. The number of Topliss-reactive ketones (excluding diaryl/α,β-unsaturated/α-hetero) is 1. The summed E-state index contributed by atoms with van der Waals surface area (Å²) in [7, 11) is 13.9. The highest BCUT2D eigenvalue weighted by Crippen LogP contribution is 2.46. The third-order valence-corrected chi connectivity index (χ3v) is 30.3. The van der Waals surface area contributed by atoms with Crippen molar-refractivity contribution in [3.8, 4) is 17.1 Å². The van der Waals surface area contributed by atoms with Crippen LogP contribution in [0.25, 0.3) is 28.1 Å². The topological polar surface area (TPSA) is 405 Å². The molecular formula is C103H163Cl2N7O25. The molecule has 34 heteroatoms. The molecule has 137 heavy (non-hydrogen) atoms. The fourth-order valence-electron chi connectivity index (χ4n) is 21.2. The van der Waals surface area contributed by atoms with E-state index < -0.39 is 198 Å².